The first-order valence-electron chi connectivity index (χ1n) is 6.02. The quantitative estimate of drug-likeness (QED) is 0.786. The van der Waals surface area contributed by atoms with E-state index in [2.05, 4.69) is 5.10 Å². The van der Waals surface area contributed by atoms with E-state index in [0.717, 1.165) is 4.31 Å². The average Bonchev–Trinajstić information content (AvgIpc) is 2.67. The van der Waals surface area contributed by atoms with Gasteiger partial charge in [-0.3, -0.25) is 9.48 Å². The number of piperazine rings is 1. The number of carbonyl (C=O) groups excluding carboxylic acids is 1. The van der Waals surface area contributed by atoms with Crippen molar-refractivity contribution in [2.75, 3.05) is 26.2 Å². The van der Waals surface area contributed by atoms with Gasteiger partial charge in [0.2, 0.25) is 5.91 Å². The summed E-state index contributed by atoms with van der Waals surface area (Å²) in [5.74, 6) is -0.127. The third-order valence-corrected chi connectivity index (χ3v) is 4.59. The fourth-order valence-electron chi connectivity index (χ4n) is 2.01. The highest BCUT2D eigenvalue weighted by Crippen LogP contribution is 2.12. The molecule has 1 fully saturated rings. The topological polar surface area (TPSA) is 102 Å². The summed E-state index contributed by atoms with van der Waals surface area (Å²) in [5.41, 5.74) is 0.665. The van der Waals surface area contributed by atoms with Crippen LogP contribution in [-0.4, -0.2) is 59.5 Å². The number of rotatable bonds is 3. The van der Waals surface area contributed by atoms with Gasteiger partial charge in [0.1, 0.15) is 6.54 Å². The molecular formula is C10H16ClN5O3S. The highest BCUT2D eigenvalue weighted by Gasteiger charge is 2.26. The molecule has 0 bridgehead atoms. The van der Waals surface area contributed by atoms with Crippen molar-refractivity contribution in [3.8, 4) is 0 Å². The lowest BCUT2D eigenvalue weighted by molar-refractivity contribution is -0.133. The minimum Gasteiger partial charge on any atom is -0.338 e. The number of aromatic nitrogens is 2. The van der Waals surface area contributed by atoms with E-state index in [1.54, 1.807) is 18.0 Å². The van der Waals surface area contributed by atoms with Crippen LogP contribution < -0.4 is 5.14 Å². The number of halogens is 1. The molecule has 1 aliphatic rings. The Morgan fingerprint density at radius 3 is 2.45 bits per heavy atom. The van der Waals surface area contributed by atoms with Crippen LogP contribution in [0, 0.1) is 6.92 Å². The van der Waals surface area contributed by atoms with Crippen LogP contribution in [0.15, 0.2) is 6.20 Å². The minimum atomic E-state index is -3.68. The predicted octanol–water partition coefficient (Wildman–Crippen LogP) is -0.807. The Kier molecular flexibility index (Phi) is 4.33. The lowest BCUT2D eigenvalue weighted by Gasteiger charge is -2.32. The Hall–Kier alpha value is -1.16. The van der Waals surface area contributed by atoms with Crippen molar-refractivity contribution in [3.05, 3.63) is 16.9 Å². The molecule has 1 saturated heterocycles. The fraction of sp³-hybridized carbons (Fsp3) is 0.600. The van der Waals surface area contributed by atoms with E-state index >= 15 is 0 Å². The van der Waals surface area contributed by atoms with Crippen molar-refractivity contribution in [2.24, 2.45) is 5.14 Å². The van der Waals surface area contributed by atoms with Crippen LogP contribution in [0.2, 0.25) is 5.02 Å². The first-order chi connectivity index (χ1) is 9.27. The van der Waals surface area contributed by atoms with Crippen molar-refractivity contribution in [1.82, 2.24) is 19.0 Å². The van der Waals surface area contributed by atoms with E-state index in [1.807, 2.05) is 0 Å². The smallest absolute Gasteiger partial charge is 0.277 e. The molecule has 1 aromatic heterocycles. The second-order valence-electron chi connectivity index (χ2n) is 4.58. The van der Waals surface area contributed by atoms with Crippen LogP contribution in [0.25, 0.3) is 0 Å². The molecule has 2 N–H and O–H groups in total. The molecule has 0 spiro atoms. The SMILES string of the molecule is Cc1nn(CC(=O)N2CCN(S(N)(=O)=O)CC2)cc1Cl. The zero-order chi connectivity index (χ0) is 14.9. The summed E-state index contributed by atoms with van der Waals surface area (Å²) >= 11 is 5.87. The van der Waals surface area contributed by atoms with E-state index in [9.17, 15) is 13.2 Å². The van der Waals surface area contributed by atoms with Gasteiger partial charge >= 0.3 is 0 Å². The average molecular weight is 322 g/mol. The second kappa shape index (κ2) is 5.68. The molecule has 0 atom stereocenters. The molecule has 0 aliphatic carbocycles. The van der Waals surface area contributed by atoms with Gasteiger partial charge in [-0.1, -0.05) is 11.6 Å². The molecule has 2 heterocycles. The molecule has 0 radical (unpaired) electrons. The molecular weight excluding hydrogens is 306 g/mol. The third kappa shape index (κ3) is 3.48. The third-order valence-electron chi connectivity index (χ3n) is 3.13. The Labute approximate surface area is 122 Å². The molecule has 112 valence electrons. The van der Waals surface area contributed by atoms with Gasteiger partial charge in [0.25, 0.3) is 10.2 Å². The van der Waals surface area contributed by atoms with Gasteiger partial charge in [-0.2, -0.15) is 17.8 Å². The number of nitrogens with zero attached hydrogens (tertiary/aromatic N) is 4. The van der Waals surface area contributed by atoms with Gasteiger partial charge in [0.15, 0.2) is 0 Å². The predicted molar refractivity (Wildman–Crippen MR) is 73.2 cm³/mol. The molecule has 20 heavy (non-hydrogen) atoms. The summed E-state index contributed by atoms with van der Waals surface area (Å²) in [5, 5.41) is 9.66. The molecule has 0 unspecified atom stereocenters. The van der Waals surface area contributed by atoms with Gasteiger partial charge in [-0.05, 0) is 6.92 Å². The van der Waals surface area contributed by atoms with E-state index in [-0.39, 0.29) is 25.5 Å². The summed E-state index contributed by atoms with van der Waals surface area (Å²) in [6.45, 7) is 2.91. The number of carbonyl (C=O) groups is 1. The van der Waals surface area contributed by atoms with Crippen LogP contribution in [0.4, 0.5) is 0 Å². The highest BCUT2D eigenvalue weighted by molar-refractivity contribution is 7.86. The van der Waals surface area contributed by atoms with Crippen LogP contribution in [0.3, 0.4) is 0 Å². The van der Waals surface area contributed by atoms with Crippen LogP contribution >= 0.6 is 11.6 Å². The lowest BCUT2D eigenvalue weighted by Crippen LogP contribution is -2.52. The molecule has 1 aliphatic heterocycles. The van der Waals surface area contributed by atoms with Gasteiger partial charge in [-0.25, -0.2) is 5.14 Å². The maximum Gasteiger partial charge on any atom is 0.277 e. The summed E-state index contributed by atoms with van der Waals surface area (Å²) in [4.78, 5) is 13.7. The van der Waals surface area contributed by atoms with Crippen LogP contribution in [0.1, 0.15) is 5.69 Å². The van der Waals surface area contributed by atoms with Gasteiger partial charge in [0.05, 0.1) is 10.7 Å². The Balaban J connectivity index is 1.92. The van der Waals surface area contributed by atoms with E-state index in [0.29, 0.717) is 23.8 Å². The zero-order valence-corrected chi connectivity index (χ0v) is 12.6. The van der Waals surface area contributed by atoms with Crippen molar-refractivity contribution in [2.45, 2.75) is 13.5 Å². The van der Waals surface area contributed by atoms with Gasteiger partial charge in [-0.15, -0.1) is 0 Å². The zero-order valence-electron chi connectivity index (χ0n) is 11.0. The van der Waals surface area contributed by atoms with Gasteiger partial charge in [0, 0.05) is 32.4 Å². The molecule has 2 rings (SSSR count). The van der Waals surface area contributed by atoms with Crippen LogP contribution in [-0.2, 0) is 21.5 Å². The second-order valence-corrected chi connectivity index (χ2v) is 6.54. The summed E-state index contributed by atoms with van der Waals surface area (Å²) in [7, 11) is -3.68. The Morgan fingerprint density at radius 1 is 1.40 bits per heavy atom. The van der Waals surface area contributed by atoms with Crippen molar-refractivity contribution in [3.63, 3.8) is 0 Å². The number of hydrogen-bond donors (Lipinski definition) is 1. The van der Waals surface area contributed by atoms with Crippen LogP contribution in [0.5, 0.6) is 0 Å². The normalized spacial score (nSPS) is 17.4. The van der Waals surface area contributed by atoms with E-state index < -0.39 is 10.2 Å². The highest BCUT2D eigenvalue weighted by atomic mass is 35.5. The first-order valence-corrected chi connectivity index (χ1v) is 7.90. The Morgan fingerprint density at radius 2 is 2.00 bits per heavy atom. The number of nitrogens with two attached hydrogens (primary N) is 1. The van der Waals surface area contributed by atoms with Crippen molar-refractivity contribution >= 4 is 27.7 Å². The lowest BCUT2D eigenvalue weighted by atomic mass is 10.3. The first kappa shape index (κ1) is 15.2. The molecule has 0 saturated carbocycles. The summed E-state index contributed by atoms with van der Waals surface area (Å²) in [6, 6.07) is 0. The fourth-order valence-corrected chi connectivity index (χ4v) is 2.83. The minimum absolute atomic E-state index is 0.0862. The summed E-state index contributed by atoms with van der Waals surface area (Å²) in [6.07, 6.45) is 1.59. The standard InChI is InChI=1S/C10H16ClN5O3S/c1-8-9(11)6-15(13-8)7-10(17)14-2-4-16(5-3-14)20(12,18)19/h6H,2-5,7H2,1H3,(H2,12,18,19). The molecule has 8 nitrogen and oxygen atoms in total. The largest absolute Gasteiger partial charge is 0.338 e. The van der Waals surface area contributed by atoms with E-state index in [1.165, 1.54) is 4.68 Å². The molecule has 0 aromatic carbocycles. The van der Waals surface area contributed by atoms with Crippen molar-refractivity contribution < 1.29 is 13.2 Å². The number of amides is 1. The number of hydrogen-bond acceptors (Lipinski definition) is 4. The number of aryl methyl sites for hydroxylation is 1. The summed E-state index contributed by atoms with van der Waals surface area (Å²) < 4.78 is 25.0. The van der Waals surface area contributed by atoms with Gasteiger partial charge < -0.3 is 4.90 Å². The van der Waals surface area contributed by atoms with Crippen molar-refractivity contribution in [1.29, 1.82) is 0 Å². The monoisotopic (exact) mass is 321 g/mol. The molecule has 1 amide bonds. The maximum atomic E-state index is 12.1. The maximum absolute atomic E-state index is 12.1. The molecule has 1 aromatic rings. The Bertz CT molecular complexity index is 587. The molecule has 10 heteroatoms. The van der Waals surface area contributed by atoms with E-state index in [4.69, 9.17) is 16.7 Å².